The summed E-state index contributed by atoms with van der Waals surface area (Å²) in [5, 5.41) is 8.41. The third kappa shape index (κ3) is 10.7. The second kappa shape index (κ2) is 17.9. The number of hydrogen-bond donors (Lipinski definition) is 3. The highest BCUT2D eigenvalue weighted by molar-refractivity contribution is 6.01. The van der Waals surface area contributed by atoms with Gasteiger partial charge in [-0.1, -0.05) is 71.2 Å². The summed E-state index contributed by atoms with van der Waals surface area (Å²) in [6.45, 7) is 8.68. The number of ether oxygens (including phenoxy) is 2. The van der Waals surface area contributed by atoms with Crippen molar-refractivity contribution in [3.63, 3.8) is 0 Å². The van der Waals surface area contributed by atoms with Crippen LogP contribution in [0.25, 0.3) is 0 Å². The molecule has 0 bridgehead atoms. The van der Waals surface area contributed by atoms with Crippen molar-refractivity contribution in [2.24, 2.45) is 11.8 Å². The Kier molecular flexibility index (Phi) is 13.7. The molecule has 0 unspecified atom stereocenters. The minimum atomic E-state index is -1.19. The fraction of sp³-hybridized carbons (Fsp3) is 0.579. The van der Waals surface area contributed by atoms with Gasteiger partial charge in [0.15, 0.2) is 0 Å². The molecule has 262 valence electrons. The Morgan fingerprint density at radius 1 is 0.938 bits per heavy atom. The molecule has 2 aromatic rings. The summed E-state index contributed by atoms with van der Waals surface area (Å²) >= 11 is 0. The zero-order valence-corrected chi connectivity index (χ0v) is 29.3. The fourth-order valence-electron chi connectivity index (χ4n) is 6.59. The van der Waals surface area contributed by atoms with Gasteiger partial charge in [0.05, 0.1) is 24.6 Å². The van der Waals surface area contributed by atoms with E-state index < -0.39 is 29.8 Å². The van der Waals surface area contributed by atoms with E-state index in [0.717, 1.165) is 0 Å². The summed E-state index contributed by atoms with van der Waals surface area (Å²) in [6, 6.07) is 12.7. The highest BCUT2D eigenvalue weighted by atomic mass is 16.5. The molecule has 1 aliphatic heterocycles. The summed E-state index contributed by atoms with van der Waals surface area (Å²) in [4.78, 5) is 55.8. The molecular weight excluding hydrogens is 608 g/mol. The van der Waals surface area contributed by atoms with Gasteiger partial charge in [0.25, 0.3) is 5.91 Å². The maximum atomic E-state index is 13.8. The van der Waals surface area contributed by atoms with Crippen LogP contribution >= 0.6 is 0 Å². The first-order valence-corrected chi connectivity index (χ1v) is 17.6. The second-order valence-electron chi connectivity index (χ2n) is 14.1. The van der Waals surface area contributed by atoms with Crippen LogP contribution in [0.4, 0.5) is 0 Å². The Hall–Kier alpha value is -4.08. The smallest absolute Gasteiger partial charge is 0.255 e. The van der Waals surface area contributed by atoms with Gasteiger partial charge in [0, 0.05) is 7.05 Å². The Bertz CT molecular complexity index is 1370. The second-order valence-corrected chi connectivity index (χ2v) is 14.1. The lowest BCUT2D eigenvalue weighted by atomic mass is 9.84. The number of para-hydroxylation sites is 1. The molecule has 3 N–H and O–H groups in total. The Morgan fingerprint density at radius 3 is 2.31 bits per heavy atom. The van der Waals surface area contributed by atoms with Crippen LogP contribution < -0.4 is 25.4 Å². The zero-order valence-electron chi connectivity index (χ0n) is 29.3. The molecule has 0 spiro atoms. The monoisotopic (exact) mass is 662 g/mol. The maximum Gasteiger partial charge on any atom is 0.255 e. The topological polar surface area (TPSA) is 126 Å². The van der Waals surface area contributed by atoms with Gasteiger partial charge in [0.1, 0.15) is 36.8 Å². The van der Waals surface area contributed by atoms with Crippen molar-refractivity contribution in [3.05, 3.63) is 59.7 Å². The summed E-state index contributed by atoms with van der Waals surface area (Å²) in [7, 11) is 1.73. The number of amides is 4. The molecular formula is C38H54N4O6. The van der Waals surface area contributed by atoms with E-state index in [4.69, 9.17) is 9.47 Å². The number of benzene rings is 2. The van der Waals surface area contributed by atoms with Gasteiger partial charge in [0.2, 0.25) is 17.7 Å². The van der Waals surface area contributed by atoms with Crippen molar-refractivity contribution < 1.29 is 28.7 Å². The molecule has 2 aromatic carbocycles. The van der Waals surface area contributed by atoms with Gasteiger partial charge in [-0.15, -0.1) is 0 Å². The zero-order chi connectivity index (χ0) is 34.6. The van der Waals surface area contributed by atoms with Gasteiger partial charge in [-0.25, -0.2) is 0 Å². The summed E-state index contributed by atoms with van der Waals surface area (Å²) in [6.07, 6.45) is 7.08. The molecule has 4 amide bonds. The third-order valence-electron chi connectivity index (χ3n) is 9.18. The number of carbonyl (C=O) groups excluding carboxylic acids is 4. The molecule has 0 saturated heterocycles. The number of hydrogen-bond acceptors (Lipinski definition) is 6. The summed E-state index contributed by atoms with van der Waals surface area (Å²) < 4.78 is 12.0. The molecule has 0 radical (unpaired) electrons. The van der Waals surface area contributed by atoms with Crippen LogP contribution in [-0.2, 0) is 14.4 Å². The summed E-state index contributed by atoms with van der Waals surface area (Å²) in [5.41, 5.74) is 1.58. The molecule has 1 heterocycles. The first kappa shape index (κ1) is 36.8. The van der Waals surface area contributed by atoms with Gasteiger partial charge >= 0.3 is 0 Å². The van der Waals surface area contributed by atoms with Crippen LogP contribution in [0.15, 0.2) is 48.5 Å². The van der Waals surface area contributed by atoms with Gasteiger partial charge in [-0.2, -0.15) is 0 Å². The van der Waals surface area contributed by atoms with Crippen LogP contribution in [0.2, 0.25) is 0 Å². The summed E-state index contributed by atoms with van der Waals surface area (Å²) in [5.74, 6) is 0.291. The number of rotatable bonds is 10. The van der Waals surface area contributed by atoms with Gasteiger partial charge < -0.3 is 30.3 Å². The molecule has 1 aliphatic carbocycles. The molecule has 1 saturated carbocycles. The number of carbonyl (C=O) groups is 4. The van der Waals surface area contributed by atoms with Crippen molar-refractivity contribution in [1.29, 1.82) is 0 Å². The molecule has 10 heteroatoms. The van der Waals surface area contributed by atoms with E-state index in [1.54, 1.807) is 36.2 Å². The Labute approximate surface area is 285 Å². The van der Waals surface area contributed by atoms with Crippen molar-refractivity contribution in [1.82, 2.24) is 20.9 Å². The van der Waals surface area contributed by atoms with E-state index in [1.807, 2.05) is 26.0 Å². The van der Waals surface area contributed by atoms with Gasteiger partial charge in [-0.3, -0.25) is 19.2 Å². The molecule has 2 aliphatic rings. The molecule has 4 rings (SSSR count). The maximum absolute atomic E-state index is 13.8. The lowest BCUT2D eigenvalue weighted by Gasteiger charge is -2.33. The van der Waals surface area contributed by atoms with Crippen molar-refractivity contribution in [2.75, 3.05) is 26.8 Å². The lowest BCUT2D eigenvalue weighted by molar-refractivity contribution is -0.138. The number of likely N-dealkylation sites (N-methyl/N-ethyl adjacent to an activating group) is 1. The molecule has 48 heavy (non-hydrogen) atoms. The predicted molar refractivity (Wildman–Crippen MR) is 186 cm³/mol. The average Bonchev–Trinajstić information content (AvgIpc) is 3.07. The normalized spacial score (nSPS) is 21.5. The van der Waals surface area contributed by atoms with E-state index in [-0.39, 0.29) is 55.5 Å². The van der Waals surface area contributed by atoms with E-state index in [0.29, 0.717) is 30.3 Å². The van der Waals surface area contributed by atoms with Crippen LogP contribution in [0.1, 0.15) is 101 Å². The minimum absolute atomic E-state index is 0.125. The number of nitrogens with one attached hydrogen (secondary N) is 3. The molecule has 1 fully saturated rings. The quantitative estimate of drug-likeness (QED) is 0.300. The lowest BCUT2D eigenvalue weighted by Crippen LogP contribution is -2.55. The molecule has 0 aromatic heterocycles. The predicted octanol–water partition coefficient (Wildman–Crippen LogP) is 5.21. The SMILES string of the molecule is CC(C)C[C@H]1COc2ccccc2C(=O)N[C@H](C(=O)NCCOc2ccc(C3CCCCC3)cc2)CC(=O)N[C@@H](CC(C)C)C(=O)N1C. The van der Waals surface area contributed by atoms with Gasteiger partial charge in [-0.05, 0) is 73.3 Å². The first-order valence-electron chi connectivity index (χ1n) is 17.6. The van der Waals surface area contributed by atoms with Crippen LogP contribution in [-0.4, -0.2) is 73.5 Å². The average molecular weight is 663 g/mol. The van der Waals surface area contributed by atoms with Crippen molar-refractivity contribution in [3.8, 4) is 11.5 Å². The van der Waals surface area contributed by atoms with Crippen molar-refractivity contribution >= 4 is 23.6 Å². The first-order chi connectivity index (χ1) is 23.0. The third-order valence-corrected chi connectivity index (χ3v) is 9.18. The van der Waals surface area contributed by atoms with E-state index >= 15 is 0 Å². The largest absolute Gasteiger partial charge is 0.492 e. The Morgan fingerprint density at radius 2 is 1.62 bits per heavy atom. The molecule has 3 atom stereocenters. The van der Waals surface area contributed by atoms with Crippen LogP contribution in [0.5, 0.6) is 11.5 Å². The fourth-order valence-corrected chi connectivity index (χ4v) is 6.59. The van der Waals surface area contributed by atoms with Crippen LogP contribution in [0, 0.1) is 11.8 Å². The highest BCUT2D eigenvalue weighted by Crippen LogP contribution is 2.33. The highest BCUT2D eigenvalue weighted by Gasteiger charge is 2.33. The van der Waals surface area contributed by atoms with E-state index in [1.165, 1.54) is 37.7 Å². The van der Waals surface area contributed by atoms with Crippen LogP contribution in [0.3, 0.4) is 0 Å². The molecule has 10 nitrogen and oxygen atoms in total. The number of nitrogens with zero attached hydrogens (tertiary/aromatic N) is 1. The van der Waals surface area contributed by atoms with E-state index in [2.05, 4.69) is 41.9 Å². The van der Waals surface area contributed by atoms with E-state index in [9.17, 15) is 19.2 Å². The minimum Gasteiger partial charge on any atom is -0.492 e. The Balaban J connectivity index is 1.46. The van der Waals surface area contributed by atoms with Crippen molar-refractivity contribution in [2.45, 2.75) is 103 Å². The number of fused-ring (bicyclic) bond motifs is 1. The standard InChI is InChI=1S/C38H54N4O6/c1-25(2)21-29-24-48-34-14-10-9-13-31(34)36(44)41-32(23-35(43)40-33(22-26(3)4)38(46)42(29)5)37(45)39-19-20-47-30-17-15-28(16-18-30)27-11-7-6-8-12-27/h9-10,13-18,25-27,29,32-33H,6-8,11-12,19-24H2,1-5H3,(H,39,45)(H,40,43)(H,41,44)/t29-,32-,33-/m0/s1.